The van der Waals surface area contributed by atoms with Crippen LogP contribution >= 0.6 is 35.0 Å². The van der Waals surface area contributed by atoms with Crippen LogP contribution in [0.3, 0.4) is 0 Å². The molecule has 39 heavy (non-hydrogen) atoms. The molecular weight excluding hydrogens is 561 g/mol. The van der Waals surface area contributed by atoms with Gasteiger partial charge in [-0.05, 0) is 58.7 Å². The summed E-state index contributed by atoms with van der Waals surface area (Å²) in [5, 5.41) is 17.6. The van der Waals surface area contributed by atoms with E-state index in [1.54, 1.807) is 39.0 Å². The molecule has 0 aromatic heterocycles. The first kappa shape index (κ1) is 31.1. The topological polar surface area (TPSA) is 108 Å². The number of aliphatic hydroxyl groups is 1. The number of aliphatic hydroxyl groups excluding tert-OH is 1. The Bertz CT molecular complexity index is 1170. The van der Waals surface area contributed by atoms with Crippen LogP contribution in [-0.4, -0.2) is 62.3 Å². The number of nitrogens with zero attached hydrogens (tertiary/aromatic N) is 1. The lowest BCUT2D eigenvalue weighted by atomic mass is 9.97. The molecule has 2 aromatic carbocycles. The third kappa shape index (κ3) is 8.27. The molecule has 3 rings (SSSR count). The molecule has 11 heteroatoms. The second kappa shape index (κ2) is 12.8. The van der Waals surface area contributed by atoms with Gasteiger partial charge in [0.15, 0.2) is 6.10 Å². The molecule has 2 aromatic rings. The lowest BCUT2D eigenvalue weighted by Crippen LogP contribution is -2.58. The van der Waals surface area contributed by atoms with Gasteiger partial charge in [0.05, 0.1) is 11.9 Å². The molecule has 0 unspecified atom stereocenters. The van der Waals surface area contributed by atoms with Crippen LogP contribution in [0.1, 0.15) is 45.7 Å². The van der Waals surface area contributed by atoms with Crippen LogP contribution in [-0.2, 0) is 27.3 Å². The third-order valence-corrected chi connectivity index (χ3v) is 8.30. The second-order valence-corrected chi connectivity index (χ2v) is 13.3. The lowest BCUT2D eigenvalue weighted by molar-refractivity contribution is -0.147. The number of benzene rings is 2. The molecule has 0 aliphatic carbocycles. The third-order valence-electron chi connectivity index (χ3n) is 6.21. The van der Waals surface area contributed by atoms with Crippen molar-refractivity contribution in [1.82, 2.24) is 15.5 Å². The summed E-state index contributed by atoms with van der Waals surface area (Å²) in [7, 11) is 0. The molecule has 1 fully saturated rings. The molecule has 1 saturated heterocycles. The average molecular weight is 597 g/mol. The molecular formula is C28H35Cl2N3O5S. The second-order valence-electron chi connectivity index (χ2n) is 10.9. The van der Waals surface area contributed by atoms with Gasteiger partial charge in [0, 0.05) is 26.9 Å². The molecule has 1 heterocycles. The molecule has 0 bridgehead atoms. The highest BCUT2D eigenvalue weighted by atomic mass is 35.5. The Labute approximate surface area is 243 Å². The summed E-state index contributed by atoms with van der Waals surface area (Å²) in [4.78, 5) is 41.0. The fourth-order valence-corrected chi connectivity index (χ4v) is 5.97. The quantitative estimate of drug-likeness (QED) is 0.405. The van der Waals surface area contributed by atoms with E-state index in [9.17, 15) is 19.5 Å². The van der Waals surface area contributed by atoms with Crippen LogP contribution < -0.4 is 10.6 Å². The van der Waals surface area contributed by atoms with Gasteiger partial charge in [-0.1, -0.05) is 59.6 Å². The lowest BCUT2D eigenvalue weighted by Gasteiger charge is -2.33. The normalized spacial score (nSPS) is 18.3. The van der Waals surface area contributed by atoms with Gasteiger partial charge in [-0.15, -0.1) is 11.8 Å². The number of amides is 3. The summed E-state index contributed by atoms with van der Waals surface area (Å²) in [6.07, 6.45) is -2.20. The van der Waals surface area contributed by atoms with Crippen molar-refractivity contribution in [1.29, 1.82) is 0 Å². The Morgan fingerprint density at radius 3 is 2.31 bits per heavy atom. The molecule has 3 amide bonds. The van der Waals surface area contributed by atoms with E-state index in [0.29, 0.717) is 15.6 Å². The van der Waals surface area contributed by atoms with Crippen LogP contribution in [0.15, 0.2) is 48.5 Å². The first-order chi connectivity index (χ1) is 18.2. The number of carbonyl (C=O) groups is 3. The summed E-state index contributed by atoms with van der Waals surface area (Å²) in [5.41, 5.74) is 0.618. The Morgan fingerprint density at radius 2 is 1.72 bits per heavy atom. The van der Waals surface area contributed by atoms with Gasteiger partial charge in [0.2, 0.25) is 5.91 Å². The van der Waals surface area contributed by atoms with E-state index in [2.05, 4.69) is 10.6 Å². The van der Waals surface area contributed by atoms with E-state index < -0.39 is 46.4 Å². The average Bonchev–Trinajstić information content (AvgIpc) is 3.16. The molecule has 3 N–H and O–H groups in total. The number of thioether (sulfide) groups is 1. The first-order valence-corrected chi connectivity index (χ1v) is 14.3. The number of carbonyl (C=O) groups excluding carboxylic acids is 3. The highest BCUT2D eigenvalue weighted by Gasteiger charge is 2.49. The smallest absolute Gasteiger partial charge is 0.407 e. The molecule has 3 atom stereocenters. The molecule has 0 radical (unpaired) electrons. The number of alkyl carbamates (subject to hydrolysis) is 1. The van der Waals surface area contributed by atoms with Crippen molar-refractivity contribution in [3.05, 3.63) is 69.7 Å². The van der Waals surface area contributed by atoms with Crippen molar-refractivity contribution < 1.29 is 24.2 Å². The van der Waals surface area contributed by atoms with Crippen molar-refractivity contribution in [2.75, 3.05) is 5.88 Å². The highest BCUT2D eigenvalue weighted by Crippen LogP contribution is 2.40. The summed E-state index contributed by atoms with van der Waals surface area (Å²) < 4.78 is 4.73. The fourth-order valence-electron chi connectivity index (χ4n) is 4.30. The fraction of sp³-hybridized carbons (Fsp3) is 0.464. The van der Waals surface area contributed by atoms with Gasteiger partial charge in [0.25, 0.3) is 5.91 Å². The van der Waals surface area contributed by atoms with Crippen molar-refractivity contribution in [3.63, 3.8) is 0 Å². The van der Waals surface area contributed by atoms with Gasteiger partial charge >= 0.3 is 6.09 Å². The maximum Gasteiger partial charge on any atom is 0.407 e. The van der Waals surface area contributed by atoms with Crippen molar-refractivity contribution >= 4 is 52.9 Å². The predicted octanol–water partition coefficient (Wildman–Crippen LogP) is 4.79. The first-order valence-electron chi connectivity index (χ1n) is 12.6. The Hall–Kier alpha value is -2.46. The number of hydrogen-bond acceptors (Lipinski definition) is 6. The molecule has 1 aliphatic rings. The van der Waals surface area contributed by atoms with E-state index in [1.165, 1.54) is 16.7 Å². The zero-order chi connectivity index (χ0) is 29.0. The number of hydrogen-bond donors (Lipinski definition) is 3. The summed E-state index contributed by atoms with van der Waals surface area (Å²) in [5.74, 6) is -0.875. The maximum absolute atomic E-state index is 13.7. The van der Waals surface area contributed by atoms with E-state index in [4.69, 9.17) is 27.9 Å². The molecule has 212 valence electrons. The summed E-state index contributed by atoms with van der Waals surface area (Å²) in [6.45, 7) is 8.99. The largest absolute Gasteiger partial charge is 0.444 e. The monoisotopic (exact) mass is 595 g/mol. The van der Waals surface area contributed by atoms with Gasteiger partial charge < -0.3 is 25.4 Å². The standard InChI is InChI=1S/C28H35Cl2N3O5S/c1-27(2,3)38-26(37)32-21(14-17-10-7-6-8-11-17)22(34)25(36)33-16-39-28(4,5)23(33)24(35)31-15-18-19(29)12-9-13-20(18)30/h6-13,21-23,34H,14-16H2,1-5H3,(H,31,35)(H,32,37)/t21-,22-,23+/m0/s1. The zero-order valence-corrected chi connectivity index (χ0v) is 25.0. The number of ether oxygens (including phenoxy) is 1. The summed E-state index contributed by atoms with van der Waals surface area (Å²) >= 11 is 13.9. The minimum Gasteiger partial charge on any atom is -0.444 e. The summed E-state index contributed by atoms with van der Waals surface area (Å²) in [6, 6.07) is 12.4. The van der Waals surface area contributed by atoms with Crippen LogP contribution in [0.25, 0.3) is 0 Å². The van der Waals surface area contributed by atoms with Crippen LogP contribution in [0.5, 0.6) is 0 Å². The highest BCUT2D eigenvalue weighted by molar-refractivity contribution is 8.00. The van der Waals surface area contributed by atoms with Crippen molar-refractivity contribution in [3.8, 4) is 0 Å². The van der Waals surface area contributed by atoms with Crippen molar-refractivity contribution in [2.45, 2.75) is 76.1 Å². The van der Waals surface area contributed by atoms with E-state index in [1.807, 2.05) is 44.2 Å². The minimum absolute atomic E-state index is 0.0794. The molecule has 0 spiro atoms. The molecule has 8 nitrogen and oxygen atoms in total. The predicted molar refractivity (Wildman–Crippen MR) is 155 cm³/mol. The molecule has 0 saturated carbocycles. The van der Waals surface area contributed by atoms with Crippen LogP contribution in [0.4, 0.5) is 4.79 Å². The van der Waals surface area contributed by atoms with Gasteiger partial charge in [-0.2, -0.15) is 0 Å². The van der Waals surface area contributed by atoms with Gasteiger partial charge in [-0.3, -0.25) is 9.59 Å². The Kier molecular flexibility index (Phi) is 10.2. The van der Waals surface area contributed by atoms with Crippen LogP contribution in [0, 0.1) is 0 Å². The SMILES string of the molecule is CC(C)(C)OC(=O)N[C@@H](Cc1ccccc1)[C@H](O)C(=O)N1CSC(C)(C)[C@H]1C(=O)NCc1c(Cl)cccc1Cl. The maximum atomic E-state index is 13.7. The van der Waals surface area contributed by atoms with Crippen LogP contribution in [0.2, 0.25) is 10.0 Å². The number of halogens is 2. The van der Waals surface area contributed by atoms with Gasteiger partial charge in [0.1, 0.15) is 11.6 Å². The Morgan fingerprint density at radius 1 is 1.10 bits per heavy atom. The van der Waals surface area contributed by atoms with E-state index in [0.717, 1.165) is 5.56 Å². The van der Waals surface area contributed by atoms with E-state index >= 15 is 0 Å². The number of nitrogens with one attached hydrogen (secondary N) is 2. The number of rotatable bonds is 8. The minimum atomic E-state index is -1.62. The van der Waals surface area contributed by atoms with E-state index in [-0.39, 0.29) is 18.8 Å². The molecule has 1 aliphatic heterocycles. The Balaban J connectivity index is 1.80. The zero-order valence-electron chi connectivity index (χ0n) is 22.7. The van der Waals surface area contributed by atoms with Crippen molar-refractivity contribution in [2.24, 2.45) is 0 Å². The van der Waals surface area contributed by atoms with Gasteiger partial charge in [-0.25, -0.2) is 4.79 Å².